The van der Waals surface area contributed by atoms with E-state index in [1.54, 1.807) is 0 Å². The first-order chi connectivity index (χ1) is 9.15. The van der Waals surface area contributed by atoms with Crippen molar-refractivity contribution in [3.05, 3.63) is 0 Å². The molecule has 0 bridgehead atoms. The highest BCUT2D eigenvalue weighted by molar-refractivity contribution is 5.80. The molecule has 3 aliphatic rings. The number of rotatable bonds is 1. The topological polar surface area (TPSA) is 61.4 Å². The number of hydrogen-bond donors (Lipinski definition) is 2. The van der Waals surface area contributed by atoms with Crippen molar-refractivity contribution in [2.45, 2.75) is 32.2 Å². The Morgan fingerprint density at radius 3 is 2.89 bits per heavy atom. The maximum absolute atomic E-state index is 12.5. The first-order valence-corrected chi connectivity index (χ1v) is 7.44. The molecule has 2 amide bonds. The zero-order valence-electron chi connectivity index (χ0n) is 11.5. The predicted octanol–water partition coefficient (Wildman–Crippen LogP) is -0.0310. The molecule has 2 N–H and O–H groups in total. The molecule has 5 nitrogen and oxygen atoms in total. The maximum atomic E-state index is 12.5. The lowest BCUT2D eigenvalue weighted by Gasteiger charge is -2.42. The number of piperidine rings is 2. The van der Waals surface area contributed by atoms with Crippen LogP contribution in [-0.2, 0) is 9.59 Å². The molecule has 4 atom stereocenters. The minimum Gasteiger partial charge on any atom is -0.353 e. The molecular weight excluding hydrogens is 242 g/mol. The van der Waals surface area contributed by atoms with Crippen LogP contribution < -0.4 is 10.6 Å². The van der Waals surface area contributed by atoms with Gasteiger partial charge in [0.1, 0.15) is 0 Å². The van der Waals surface area contributed by atoms with Crippen molar-refractivity contribution >= 4 is 11.8 Å². The van der Waals surface area contributed by atoms with E-state index >= 15 is 0 Å². The number of carbonyl (C=O) groups is 2. The van der Waals surface area contributed by atoms with E-state index < -0.39 is 0 Å². The molecule has 106 valence electrons. The standard InChI is InChI=1S/C14H23N3O2/c1-9-6-15-7-11(9)14(19)17-5-4-12-10(8-17)2-3-13(18)16-12/h9-12,15H,2-8H2,1H3,(H,16,18)/t9-,10?,11-,12?/m1/s1. The fraction of sp³-hybridized carbons (Fsp3) is 0.857. The number of amides is 2. The van der Waals surface area contributed by atoms with Gasteiger partial charge in [0.2, 0.25) is 11.8 Å². The second-order valence-corrected chi connectivity index (χ2v) is 6.29. The molecule has 0 radical (unpaired) electrons. The molecule has 0 saturated carbocycles. The fourth-order valence-electron chi connectivity index (χ4n) is 3.69. The fourth-order valence-corrected chi connectivity index (χ4v) is 3.69. The Bertz CT molecular complexity index is 385. The van der Waals surface area contributed by atoms with Crippen LogP contribution in [0.4, 0.5) is 0 Å². The van der Waals surface area contributed by atoms with Gasteiger partial charge in [-0.05, 0) is 31.2 Å². The van der Waals surface area contributed by atoms with E-state index in [4.69, 9.17) is 0 Å². The summed E-state index contributed by atoms with van der Waals surface area (Å²) in [6.45, 7) is 5.54. The van der Waals surface area contributed by atoms with E-state index in [0.29, 0.717) is 30.2 Å². The molecule has 0 aromatic carbocycles. The molecular formula is C14H23N3O2. The minimum atomic E-state index is 0.148. The van der Waals surface area contributed by atoms with Crippen LogP contribution in [0.2, 0.25) is 0 Å². The number of carbonyl (C=O) groups excluding carboxylic acids is 2. The van der Waals surface area contributed by atoms with E-state index in [0.717, 1.165) is 39.0 Å². The average molecular weight is 265 g/mol. The molecule has 3 rings (SSSR count). The van der Waals surface area contributed by atoms with E-state index in [2.05, 4.69) is 17.6 Å². The lowest BCUT2D eigenvalue weighted by molar-refractivity contribution is -0.139. The Hall–Kier alpha value is -1.10. The third-order valence-electron chi connectivity index (χ3n) is 4.97. The van der Waals surface area contributed by atoms with Crippen molar-refractivity contribution in [1.29, 1.82) is 0 Å². The molecule has 3 saturated heterocycles. The molecule has 19 heavy (non-hydrogen) atoms. The Morgan fingerprint density at radius 1 is 1.32 bits per heavy atom. The highest BCUT2D eigenvalue weighted by Crippen LogP contribution is 2.27. The Balaban J connectivity index is 1.61. The molecule has 5 heteroatoms. The van der Waals surface area contributed by atoms with E-state index in [1.165, 1.54) is 0 Å². The van der Waals surface area contributed by atoms with Gasteiger partial charge in [-0.15, -0.1) is 0 Å². The number of nitrogens with one attached hydrogen (secondary N) is 2. The molecule has 0 aromatic heterocycles. The van der Waals surface area contributed by atoms with Gasteiger partial charge in [-0.3, -0.25) is 9.59 Å². The predicted molar refractivity (Wildman–Crippen MR) is 71.4 cm³/mol. The van der Waals surface area contributed by atoms with Crippen LogP contribution in [0.25, 0.3) is 0 Å². The van der Waals surface area contributed by atoms with Crippen molar-refractivity contribution in [3.8, 4) is 0 Å². The van der Waals surface area contributed by atoms with Gasteiger partial charge in [-0.1, -0.05) is 6.92 Å². The van der Waals surface area contributed by atoms with Gasteiger partial charge in [0.25, 0.3) is 0 Å². The van der Waals surface area contributed by atoms with Crippen LogP contribution >= 0.6 is 0 Å². The van der Waals surface area contributed by atoms with Gasteiger partial charge < -0.3 is 15.5 Å². The van der Waals surface area contributed by atoms with E-state index in [-0.39, 0.29) is 11.8 Å². The van der Waals surface area contributed by atoms with Gasteiger partial charge in [-0.25, -0.2) is 0 Å². The molecule has 2 unspecified atom stereocenters. The summed E-state index contributed by atoms with van der Waals surface area (Å²) in [6, 6.07) is 0.296. The summed E-state index contributed by atoms with van der Waals surface area (Å²) in [6.07, 6.45) is 2.46. The van der Waals surface area contributed by atoms with Gasteiger partial charge in [0.15, 0.2) is 0 Å². The highest BCUT2D eigenvalue weighted by atomic mass is 16.2. The third kappa shape index (κ3) is 2.48. The maximum Gasteiger partial charge on any atom is 0.227 e. The first-order valence-electron chi connectivity index (χ1n) is 7.44. The molecule has 3 aliphatic heterocycles. The Kier molecular flexibility index (Phi) is 3.48. The number of nitrogens with zero attached hydrogens (tertiary/aromatic N) is 1. The summed E-state index contributed by atoms with van der Waals surface area (Å²) in [5, 5.41) is 6.37. The largest absolute Gasteiger partial charge is 0.353 e. The SMILES string of the molecule is C[C@@H]1CNC[C@H]1C(=O)N1CCC2NC(=O)CCC2C1. The van der Waals surface area contributed by atoms with Crippen molar-refractivity contribution < 1.29 is 9.59 Å². The highest BCUT2D eigenvalue weighted by Gasteiger charge is 2.39. The molecule has 0 aromatic rings. The van der Waals surface area contributed by atoms with Crippen LogP contribution in [0.1, 0.15) is 26.2 Å². The van der Waals surface area contributed by atoms with E-state index in [9.17, 15) is 9.59 Å². The lowest BCUT2D eigenvalue weighted by Crippen LogP contribution is -2.56. The van der Waals surface area contributed by atoms with Crippen molar-refractivity contribution in [2.24, 2.45) is 17.8 Å². The van der Waals surface area contributed by atoms with Crippen molar-refractivity contribution in [2.75, 3.05) is 26.2 Å². The lowest BCUT2D eigenvalue weighted by atomic mass is 9.84. The van der Waals surface area contributed by atoms with Crippen LogP contribution in [0, 0.1) is 17.8 Å². The summed E-state index contributed by atoms with van der Waals surface area (Å²) in [5.74, 6) is 1.54. The zero-order valence-corrected chi connectivity index (χ0v) is 11.5. The smallest absolute Gasteiger partial charge is 0.227 e. The number of likely N-dealkylation sites (tertiary alicyclic amines) is 1. The quantitative estimate of drug-likeness (QED) is 0.700. The summed E-state index contributed by atoms with van der Waals surface area (Å²) in [5.41, 5.74) is 0. The van der Waals surface area contributed by atoms with Gasteiger partial charge >= 0.3 is 0 Å². The molecule has 3 heterocycles. The molecule has 0 spiro atoms. The summed E-state index contributed by atoms with van der Waals surface area (Å²) >= 11 is 0. The summed E-state index contributed by atoms with van der Waals surface area (Å²) in [4.78, 5) is 26.0. The summed E-state index contributed by atoms with van der Waals surface area (Å²) in [7, 11) is 0. The normalized spacial score (nSPS) is 38.8. The first kappa shape index (κ1) is 12.9. The second-order valence-electron chi connectivity index (χ2n) is 6.29. The number of hydrogen-bond acceptors (Lipinski definition) is 3. The van der Waals surface area contributed by atoms with E-state index in [1.807, 2.05) is 4.90 Å². The third-order valence-corrected chi connectivity index (χ3v) is 4.97. The van der Waals surface area contributed by atoms with Gasteiger partial charge in [-0.2, -0.15) is 0 Å². The van der Waals surface area contributed by atoms with Crippen LogP contribution in [0.3, 0.4) is 0 Å². The van der Waals surface area contributed by atoms with Gasteiger partial charge in [0, 0.05) is 32.1 Å². The minimum absolute atomic E-state index is 0.148. The van der Waals surface area contributed by atoms with Crippen LogP contribution in [0.5, 0.6) is 0 Å². The van der Waals surface area contributed by atoms with Crippen molar-refractivity contribution in [3.63, 3.8) is 0 Å². The van der Waals surface area contributed by atoms with Crippen LogP contribution in [-0.4, -0.2) is 48.9 Å². The van der Waals surface area contributed by atoms with Crippen LogP contribution in [0.15, 0.2) is 0 Å². The van der Waals surface area contributed by atoms with Gasteiger partial charge in [0.05, 0.1) is 5.92 Å². The molecule has 3 fully saturated rings. The zero-order chi connectivity index (χ0) is 13.4. The molecule has 0 aliphatic carbocycles. The monoisotopic (exact) mass is 265 g/mol. The second kappa shape index (κ2) is 5.12. The number of fused-ring (bicyclic) bond motifs is 1. The van der Waals surface area contributed by atoms with Crippen molar-refractivity contribution in [1.82, 2.24) is 15.5 Å². The Labute approximate surface area is 114 Å². The average Bonchev–Trinajstić information content (AvgIpc) is 2.83. The Morgan fingerprint density at radius 2 is 2.16 bits per heavy atom. The summed E-state index contributed by atoms with van der Waals surface area (Å²) < 4.78 is 0.